The third kappa shape index (κ3) is 4.22. The first-order valence-electron chi connectivity index (χ1n) is 6.76. The lowest BCUT2D eigenvalue weighted by Gasteiger charge is -2.29. The lowest BCUT2D eigenvalue weighted by atomic mass is 10.3. The predicted octanol–water partition coefficient (Wildman–Crippen LogP) is 1.26. The van der Waals surface area contributed by atoms with E-state index in [1.807, 2.05) is 13.1 Å². The molecule has 112 valence electrons. The summed E-state index contributed by atoms with van der Waals surface area (Å²) in [6, 6.07) is 0.269. The average Bonchev–Trinajstić information content (AvgIpc) is 2.79. The fraction of sp³-hybridized carbons (Fsp3) is 0.692. The summed E-state index contributed by atoms with van der Waals surface area (Å²) in [5.41, 5.74) is 0.923. The van der Waals surface area contributed by atoms with E-state index in [0.717, 1.165) is 43.7 Å². The van der Waals surface area contributed by atoms with E-state index in [0.29, 0.717) is 0 Å². The van der Waals surface area contributed by atoms with Crippen LogP contribution in [0.1, 0.15) is 18.7 Å². The van der Waals surface area contributed by atoms with Gasteiger partial charge in [0.2, 0.25) is 0 Å². The maximum absolute atomic E-state index is 10.7. The Morgan fingerprint density at radius 3 is 2.90 bits per heavy atom. The molecule has 1 atom stereocenters. The van der Waals surface area contributed by atoms with Crippen LogP contribution in [-0.2, 0) is 9.53 Å². The number of hydrogen-bond donors (Lipinski definition) is 1. The summed E-state index contributed by atoms with van der Waals surface area (Å²) in [5, 5.41) is 9.58. The Bertz CT molecular complexity index is 458. The standard InChI is InChI=1S/C13H21N3O3S/c1-10-7-16(13(14-10)20-9-12(17)18)11(2)8-15-3-5-19-6-4-15/h7,11H,3-6,8-9H2,1-2H3,(H,17,18). The molecule has 0 spiro atoms. The van der Waals surface area contributed by atoms with Crippen LogP contribution >= 0.6 is 11.8 Å². The molecule has 0 radical (unpaired) electrons. The van der Waals surface area contributed by atoms with Crippen LogP contribution < -0.4 is 0 Å². The summed E-state index contributed by atoms with van der Waals surface area (Å²) in [5.74, 6) is -0.774. The topological polar surface area (TPSA) is 67.6 Å². The van der Waals surface area contributed by atoms with Crippen LogP contribution in [0.3, 0.4) is 0 Å². The summed E-state index contributed by atoms with van der Waals surface area (Å²) in [6.45, 7) is 8.49. The number of aryl methyl sites for hydroxylation is 1. The van der Waals surface area contributed by atoms with Crippen molar-refractivity contribution in [2.75, 3.05) is 38.6 Å². The van der Waals surface area contributed by atoms with Gasteiger partial charge in [0, 0.05) is 31.9 Å². The maximum Gasteiger partial charge on any atom is 0.313 e. The van der Waals surface area contributed by atoms with Gasteiger partial charge >= 0.3 is 5.97 Å². The molecule has 1 N–H and O–H groups in total. The van der Waals surface area contributed by atoms with Gasteiger partial charge in [-0.3, -0.25) is 9.69 Å². The van der Waals surface area contributed by atoms with Crippen LogP contribution in [-0.4, -0.2) is 64.1 Å². The molecule has 0 bridgehead atoms. The first-order chi connectivity index (χ1) is 9.56. The molecule has 1 aliphatic heterocycles. The molecule has 1 fully saturated rings. The third-order valence-corrected chi connectivity index (χ3v) is 4.20. The number of nitrogens with zero attached hydrogens (tertiary/aromatic N) is 3. The molecule has 1 saturated heterocycles. The van der Waals surface area contributed by atoms with Crippen LogP contribution in [0.15, 0.2) is 11.4 Å². The summed E-state index contributed by atoms with van der Waals surface area (Å²) in [6.07, 6.45) is 2.00. The minimum Gasteiger partial charge on any atom is -0.481 e. The highest BCUT2D eigenvalue weighted by molar-refractivity contribution is 7.99. The zero-order chi connectivity index (χ0) is 14.5. The molecule has 2 rings (SSSR count). The van der Waals surface area contributed by atoms with Gasteiger partial charge in [-0.25, -0.2) is 4.98 Å². The number of hydrogen-bond acceptors (Lipinski definition) is 5. The normalized spacial score (nSPS) is 18.1. The van der Waals surface area contributed by atoms with Crippen LogP contribution in [0.4, 0.5) is 0 Å². The SMILES string of the molecule is Cc1cn(C(C)CN2CCOCC2)c(SCC(=O)O)n1. The molecule has 0 amide bonds. The molecule has 0 saturated carbocycles. The van der Waals surface area contributed by atoms with E-state index in [9.17, 15) is 4.79 Å². The van der Waals surface area contributed by atoms with E-state index < -0.39 is 5.97 Å². The highest BCUT2D eigenvalue weighted by Crippen LogP contribution is 2.22. The summed E-state index contributed by atoms with van der Waals surface area (Å²) in [4.78, 5) is 17.5. The van der Waals surface area contributed by atoms with E-state index in [1.165, 1.54) is 11.8 Å². The number of thioether (sulfide) groups is 1. The van der Waals surface area contributed by atoms with Gasteiger partial charge in [-0.1, -0.05) is 11.8 Å². The van der Waals surface area contributed by atoms with Crippen molar-refractivity contribution in [1.29, 1.82) is 0 Å². The van der Waals surface area contributed by atoms with Gasteiger partial charge in [-0.2, -0.15) is 0 Å². The Kier molecular flexibility index (Phi) is 5.45. The van der Waals surface area contributed by atoms with E-state index in [4.69, 9.17) is 9.84 Å². The lowest BCUT2D eigenvalue weighted by Crippen LogP contribution is -2.39. The number of carboxylic acid groups (broad SMARTS) is 1. The second kappa shape index (κ2) is 7.10. The number of ether oxygens (including phenoxy) is 1. The quantitative estimate of drug-likeness (QED) is 0.798. The number of rotatable bonds is 6. The van der Waals surface area contributed by atoms with E-state index in [2.05, 4.69) is 21.4 Å². The molecule has 7 heteroatoms. The molecule has 1 unspecified atom stereocenters. The summed E-state index contributed by atoms with van der Waals surface area (Å²) in [7, 11) is 0. The molecule has 0 aliphatic carbocycles. The monoisotopic (exact) mass is 299 g/mol. The molecular formula is C13H21N3O3S. The number of carbonyl (C=O) groups is 1. The molecule has 6 nitrogen and oxygen atoms in total. The molecule has 20 heavy (non-hydrogen) atoms. The molecule has 1 aliphatic rings. The minimum atomic E-state index is -0.817. The average molecular weight is 299 g/mol. The summed E-state index contributed by atoms with van der Waals surface area (Å²) >= 11 is 1.28. The van der Waals surface area contributed by atoms with E-state index >= 15 is 0 Å². The third-order valence-electron chi connectivity index (χ3n) is 3.24. The van der Waals surface area contributed by atoms with Crippen molar-refractivity contribution in [3.8, 4) is 0 Å². The Morgan fingerprint density at radius 1 is 1.55 bits per heavy atom. The fourth-order valence-electron chi connectivity index (χ4n) is 2.29. The van der Waals surface area contributed by atoms with Crippen molar-refractivity contribution in [1.82, 2.24) is 14.5 Å². The van der Waals surface area contributed by atoms with Crippen molar-refractivity contribution in [2.24, 2.45) is 0 Å². The number of carboxylic acids is 1. The van der Waals surface area contributed by atoms with Crippen LogP contribution in [0.5, 0.6) is 0 Å². The van der Waals surface area contributed by atoms with Gasteiger partial charge in [0.05, 0.1) is 24.7 Å². The number of aliphatic carboxylic acids is 1. The molecule has 1 aromatic heterocycles. The fourth-order valence-corrected chi connectivity index (χ4v) is 3.13. The van der Waals surface area contributed by atoms with Gasteiger partial charge in [0.1, 0.15) is 0 Å². The molecule has 1 aromatic rings. The zero-order valence-corrected chi connectivity index (χ0v) is 12.7. The highest BCUT2D eigenvalue weighted by Gasteiger charge is 2.18. The minimum absolute atomic E-state index is 0.0424. The smallest absolute Gasteiger partial charge is 0.313 e. The van der Waals surface area contributed by atoms with Crippen LogP contribution in [0.25, 0.3) is 0 Å². The Morgan fingerprint density at radius 2 is 2.25 bits per heavy atom. The van der Waals surface area contributed by atoms with Crippen LogP contribution in [0, 0.1) is 6.92 Å². The van der Waals surface area contributed by atoms with Crippen molar-refractivity contribution in [3.05, 3.63) is 11.9 Å². The zero-order valence-electron chi connectivity index (χ0n) is 11.9. The molecule has 2 heterocycles. The van der Waals surface area contributed by atoms with Gasteiger partial charge in [-0.05, 0) is 13.8 Å². The highest BCUT2D eigenvalue weighted by atomic mass is 32.2. The second-order valence-corrected chi connectivity index (χ2v) is 5.96. The lowest BCUT2D eigenvalue weighted by molar-refractivity contribution is -0.133. The number of morpholine rings is 1. The Hall–Kier alpha value is -1.05. The molecule has 0 aromatic carbocycles. The second-order valence-electron chi connectivity index (χ2n) is 5.02. The van der Waals surface area contributed by atoms with Gasteiger partial charge in [0.25, 0.3) is 0 Å². The largest absolute Gasteiger partial charge is 0.481 e. The van der Waals surface area contributed by atoms with Gasteiger partial charge < -0.3 is 14.4 Å². The Balaban J connectivity index is 2.00. The number of imidazole rings is 1. The van der Waals surface area contributed by atoms with Crippen molar-refractivity contribution in [3.63, 3.8) is 0 Å². The molecular weight excluding hydrogens is 278 g/mol. The van der Waals surface area contributed by atoms with E-state index in [-0.39, 0.29) is 11.8 Å². The van der Waals surface area contributed by atoms with Crippen LogP contribution in [0.2, 0.25) is 0 Å². The Labute approximate surface area is 123 Å². The predicted molar refractivity (Wildman–Crippen MR) is 77.3 cm³/mol. The number of aromatic nitrogens is 2. The first-order valence-corrected chi connectivity index (χ1v) is 7.75. The first kappa shape index (κ1) is 15.3. The van der Waals surface area contributed by atoms with Crippen molar-refractivity contribution < 1.29 is 14.6 Å². The van der Waals surface area contributed by atoms with Crippen molar-refractivity contribution >= 4 is 17.7 Å². The van der Waals surface area contributed by atoms with Gasteiger partial charge in [-0.15, -0.1) is 0 Å². The van der Waals surface area contributed by atoms with Crippen molar-refractivity contribution in [2.45, 2.75) is 25.0 Å². The van der Waals surface area contributed by atoms with Gasteiger partial charge in [0.15, 0.2) is 5.16 Å². The van der Waals surface area contributed by atoms with E-state index in [1.54, 1.807) is 0 Å². The summed E-state index contributed by atoms with van der Waals surface area (Å²) < 4.78 is 7.43. The maximum atomic E-state index is 10.7.